The highest BCUT2D eigenvalue weighted by Crippen LogP contribution is 2.29. The van der Waals surface area contributed by atoms with E-state index in [-0.39, 0.29) is 17.9 Å². The van der Waals surface area contributed by atoms with Gasteiger partial charge in [0, 0.05) is 24.2 Å². The zero-order valence-electron chi connectivity index (χ0n) is 14.2. The zero-order valence-corrected chi connectivity index (χ0v) is 14.2. The summed E-state index contributed by atoms with van der Waals surface area (Å²) in [6.07, 6.45) is 2.56. The number of fused-ring (bicyclic) bond motifs is 1. The molecule has 0 bridgehead atoms. The van der Waals surface area contributed by atoms with E-state index in [1.54, 1.807) is 0 Å². The number of nitrogens with one attached hydrogen (secondary N) is 1. The number of nitrogens with zero attached hydrogens (tertiary/aromatic N) is 1. The Bertz CT molecular complexity index is 678. The molecule has 1 aromatic heterocycles. The van der Waals surface area contributed by atoms with Gasteiger partial charge in [0.2, 0.25) is 0 Å². The Balaban J connectivity index is 2.23. The standard InChI is InChI=1S/C19H26N2O2/c1-4-19(5-2,11-12-22)13-20-18(23)16-8-6-7-15-10-9-14(3)21-17(15)16/h6-10,22H,4-5,11-13H2,1-3H3,(H,20,23). The maximum atomic E-state index is 12.6. The molecule has 1 amide bonds. The maximum Gasteiger partial charge on any atom is 0.253 e. The van der Waals surface area contributed by atoms with Crippen LogP contribution >= 0.6 is 0 Å². The molecule has 0 unspecified atom stereocenters. The number of carbonyl (C=O) groups excluding carboxylic acids is 1. The molecule has 2 N–H and O–H groups in total. The predicted molar refractivity (Wildman–Crippen MR) is 93.5 cm³/mol. The summed E-state index contributed by atoms with van der Waals surface area (Å²) < 4.78 is 0. The summed E-state index contributed by atoms with van der Waals surface area (Å²) in [4.78, 5) is 17.2. The lowest BCUT2D eigenvalue weighted by Crippen LogP contribution is -2.37. The van der Waals surface area contributed by atoms with Gasteiger partial charge in [0.15, 0.2) is 0 Å². The highest BCUT2D eigenvalue weighted by Gasteiger charge is 2.26. The molecule has 0 aliphatic carbocycles. The monoisotopic (exact) mass is 314 g/mol. The van der Waals surface area contributed by atoms with Gasteiger partial charge in [-0.3, -0.25) is 9.78 Å². The van der Waals surface area contributed by atoms with E-state index >= 15 is 0 Å². The van der Waals surface area contributed by atoms with Crippen molar-refractivity contribution in [1.82, 2.24) is 10.3 Å². The summed E-state index contributed by atoms with van der Waals surface area (Å²) in [5.74, 6) is -0.0992. The molecule has 0 fully saturated rings. The Morgan fingerprint density at radius 3 is 2.61 bits per heavy atom. The molecule has 1 heterocycles. The fourth-order valence-corrected chi connectivity index (χ4v) is 2.97. The number of hydrogen-bond donors (Lipinski definition) is 2. The van der Waals surface area contributed by atoms with Crippen LogP contribution in [-0.2, 0) is 0 Å². The Morgan fingerprint density at radius 1 is 1.22 bits per heavy atom. The van der Waals surface area contributed by atoms with Crippen molar-refractivity contribution >= 4 is 16.8 Å². The first kappa shape index (κ1) is 17.4. The summed E-state index contributed by atoms with van der Waals surface area (Å²) in [6, 6.07) is 9.60. The largest absolute Gasteiger partial charge is 0.396 e. The average molecular weight is 314 g/mol. The van der Waals surface area contributed by atoms with Gasteiger partial charge in [-0.05, 0) is 43.7 Å². The van der Waals surface area contributed by atoms with Crippen LogP contribution in [0.4, 0.5) is 0 Å². The number of aliphatic hydroxyl groups excluding tert-OH is 1. The van der Waals surface area contributed by atoms with Crippen LogP contribution in [0, 0.1) is 12.3 Å². The lowest BCUT2D eigenvalue weighted by molar-refractivity contribution is 0.0908. The van der Waals surface area contributed by atoms with E-state index in [9.17, 15) is 9.90 Å². The first-order valence-electron chi connectivity index (χ1n) is 8.30. The van der Waals surface area contributed by atoms with Crippen molar-refractivity contribution < 1.29 is 9.90 Å². The van der Waals surface area contributed by atoms with Gasteiger partial charge in [0.05, 0.1) is 11.1 Å². The van der Waals surface area contributed by atoms with Crippen molar-refractivity contribution in [3.05, 3.63) is 41.6 Å². The number of aryl methyl sites for hydroxylation is 1. The molecule has 0 atom stereocenters. The molecule has 4 heteroatoms. The molecule has 2 aromatic rings. The van der Waals surface area contributed by atoms with Gasteiger partial charge in [0.25, 0.3) is 5.91 Å². The van der Waals surface area contributed by atoms with Crippen LogP contribution < -0.4 is 5.32 Å². The van der Waals surface area contributed by atoms with E-state index in [0.29, 0.717) is 18.5 Å². The second kappa shape index (κ2) is 7.55. The van der Waals surface area contributed by atoms with Crippen LogP contribution in [0.25, 0.3) is 10.9 Å². The van der Waals surface area contributed by atoms with Crippen molar-refractivity contribution in [2.24, 2.45) is 5.41 Å². The highest BCUT2D eigenvalue weighted by molar-refractivity contribution is 6.05. The van der Waals surface area contributed by atoms with Gasteiger partial charge in [-0.15, -0.1) is 0 Å². The molecule has 0 saturated carbocycles. The number of benzene rings is 1. The molecule has 4 nitrogen and oxygen atoms in total. The number of rotatable bonds is 7. The molecule has 0 aliphatic heterocycles. The fraction of sp³-hybridized carbons (Fsp3) is 0.474. The average Bonchev–Trinajstić information content (AvgIpc) is 2.58. The molecule has 1 aromatic carbocycles. The Kier molecular flexibility index (Phi) is 5.72. The topological polar surface area (TPSA) is 62.2 Å². The van der Waals surface area contributed by atoms with Crippen LogP contribution in [0.1, 0.15) is 49.2 Å². The van der Waals surface area contributed by atoms with Crippen molar-refractivity contribution in [1.29, 1.82) is 0 Å². The lowest BCUT2D eigenvalue weighted by Gasteiger charge is -2.31. The molecule has 0 radical (unpaired) electrons. The van der Waals surface area contributed by atoms with Crippen molar-refractivity contribution in [2.75, 3.05) is 13.2 Å². The minimum absolute atomic E-state index is 0.0433. The van der Waals surface area contributed by atoms with E-state index in [4.69, 9.17) is 0 Å². The van der Waals surface area contributed by atoms with E-state index in [1.807, 2.05) is 37.3 Å². The van der Waals surface area contributed by atoms with E-state index < -0.39 is 0 Å². The number of aliphatic hydroxyl groups is 1. The van der Waals surface area contributed by atoms with Gasteiger partial charge >= 0.3 is 0 Å². The second-order valence-corrected chi connectivity index (χ2v) is 6.19. The van der Waals surface area contributed by atoms with Crippen molar-refractivity contribution in [3.63, 3.8) is 0 Å². The maximum absolute atomic E-state index is 12.6. The summed E-state index contributed by atoms with van der Waals surface area (Å²) in [7, 11) is 0. The molecule has 0 aliphatic rings. The normalized spacial score (nSPS) is 11.7. The number of pyridine rings is 1. The first-order valence-corrected chi connectivity index (χ1v) is 8.30. The number of aromatic nitrogens is 1. The molecule has 0 saturated heterocycles. The number of amides is 1. The van der Waals surface area contributed by atoms with Crippen LogP contribution in [0.2, 0.25) is 0 Å². The van der Waals surface area contributed by atoms with Crippen molar-refractivity contribution in [3.8, 4) is 0 Å². The first-order chi connectivity index (χ1) is 11.0. The predicted octanol–water partition coefficient (Wildman–Crippen LogP) is 3.46. The van der Waals surface area contributed by atoms with Crippen LogP contribution in [0.5, 0.6) is 0 Å². The molecule has 0 spiro atoms. The second-order valence-electron chi connectivity index (χ2n) is 6.19. The molecular formula is C19H26N2O2. The summed E-state index contributed by atoms with van der Waals surface area (Å²) in [6.45, 7) is 6.85. The van der Waals surface area contributed by atoms with E-state index in [2.05, 4.69) is 24.1 Å². The van der Waals surface area contributed by atoms with Crippen LogP contribution in [0.15, 0.2) is 30.3 Å². The molecular weight excluding hydrogens is 288 g/mol. The van der Waals surface area contributed by atoms with Crippen LogP contribution in [0.3, 0.4) is 0 Å². The van der Waals surface area contributed by atoms with Gasteiger partial charge in [-0.25, -0.2) is 0 Å². The fourth-order valence-electron chi connectivity index (χ4n) is 2.97. The SMILES string of the molecule is CCC(CC)(CCO)CNC(=O)c1cccc2ccc(C)nc12. The molecule has 23 heavy (non-hydrogen) atoms. The van der Waals surface area contributed by atoms with Crippen LogP contribution in [-0.4, -0.2) is 29.1 Å². The smallest absolute Gasteiger partial charge is 0.253 e. The molecule has 124 valence electrons. The van der Waals surface area contributed by atoms with Gasteiger partial charge in [-0.2, -0.15) is 0 Å². The number of carbonyl (C=O) groups is 1. The van der Waals surface area contributed by atoms with E-state index in [1.165, 1.54) is 0 Å². The third-order valence-electron chi connectivity index (χ3n) is 4.87. The lowest BCUT2D eigenvalue weighted by atomic mass is 9.79. The highest BCUT2D eigenvalue weighted by atomic mass is 16.3. The van der Waals surface area contributed by atoms with E-state index in [0.717, 1.165) is 29.4 Å². The third-order valence-corrected chi connectivity index (χ3v) is 4.87. The van der Waals surface area contributed by atoms with Crippen molar-refractivity contribution in [2.45, 2.75) is 40.0 Å². The summed E-state index contributed by atoms with van der Waals surface area (Å²) in [5.41, 5.74) is 2.20. The summed E-state index contributed by atoms with van der Waals surface area (Å²) in [5, 5.41) is 13.3. The van der Waals surface area contributed by atoms with Gasteiger partial charge < -0.3 is 10.4 Å². The Labute approximate surface area is 137 Å². The summed E-state index contributed by atoms with van der Waals surface area (Å²) >= 11 is 0. The Hall–Kier alpha value is -1.94. The van der Waals surface area contributed by atoms with Gasteiger partial charge in [0.1, 0.15) is 0 Å². The quantitative estimate of drug-likeness (QED) is 0.822. The number of hydrogen-bond acceptors (Lipinski definition) is 3. The minimum Gasteiger partial charge on any atom is -0.396 e. The number of para-hydroxylation sites is 1. The minimum atomic E-state index is -0.0992. The third kappa shape index (κ3) is 3.88. The Morgan fingerprint density at radius 2 is 1.96 bits per heavy atom. The van der Waals surface area contributed by atoms with Gasteiger partial charge in [-0.1, -0.05) is 32.0 Å². The zero-order chi connectivity index (χ0) is 16.9. The molecule has 2 rings (SSSR count).